The summed E-state index contributed by atoms with van der Waals surface area (Å²) in [5, 5.41) is 4.93. The molecule has 8 nitrogen and oxygen atoms in total. The van der Waals surface area contributed by atoms with Gasteiger partial charge in [-0.15, -0.1) is 0 Å². The highest BCUT2D eigenvalue weighted by molar-refractivity contribution is 6.07. The van der Waals surface area contributed by atoms with Crippen LogP contribution in [0.3, 0.4) is 0 Å². The second-order valence-electron chi connectivity index (χ2n) is 5.60. The molecular weight excluding hydrogens is 300 g/mol. The first kappa shape index (κ1) is 15.3. The van der Waals surface area contributed by atoms with Crippen molar-refractivity contribution in [2.75, 3.05) is 19.7 Å². The fourth-order valence-electron chi connectivity index (χ4n) is 2.89. The molecule has 2 saturated heterocycles. The van der Waals surface area contributed by atoms with Crippen molar-refractivity contribution in [3.05, 3.63) is 23.9 Å². The minimum atomic E-state index is -0.870. The summed E-state index contributed by atoms with van der Waals surface area (Å²) < 4.78 is 5.25. The first-order valence-corrected chi connectivity index (χ1v) is 7.56. The van der Waals surface area contributed by atoms with E-state index in [1.165, 1.54) is 6.20 Å². The lowest BCUT2D eigenvalue weighted by atomic mass is 9.87. The largest absolute Gasteiger partial charge is 0.478 e. The molecule has 23 heavy (non-hydrogen) atoms. The Bertz CT molecular complexity index is 635. The lowest BCUT2D eigenvalue weighted by molar-refractivity contribution is -0.125. The van der Waals surface area contributed by atoms with E-state index in [0.717, 1.165) is 0 Å². The third-order valence-corrected chi connectivity index (χ3v) is 4.19. The Morgan fingerprint density at radius 2 is 2.09 bits per heavy atom. The van der Waals surface area contributed by atoms with Crippen LogP contribution in [0.2, 0.25) is 0 Å². The summed E-state index contributed by atoms with van der Waals surface area (Å²) in [6.45, 7) is 3.18. The Balaban J connectivity index is 1.64. The van der Waals surface area contributed by atoms with E-state index in [4.69, 9.17) is 4.74 Å². The fourth-order valence-corrected chi connectivity index (χ4v) is 2.89. The predicted octanol–water partition coefficient (Wildman–Crippen LogP) is 0.294. The zero-order valence-electron chi connectivity index (χ0n) is 12.8. The van der Waals surface area contributed by atoms with Crippen molar-refractivity contribution in [1.29, 1.82) is 0 Å². The summed E-state index contributed by atoms with van der Waals surface area (Å²) in [5.74, 6) is 0.0319. The molecule has 122 valence electrons. The summed E-state index contributed by atoms with van der Waals surface area (Å²) in [6, 6.07) is 2.87. The van der Waals surface area contributed by atoms with Crippen LogP contribution in [0.25, 0.3) is 0 Å². The first-order valence-electron chi connectivity index (χ1n) is 7.56. The van der Waals surface area contributed by atoms with Crippen LogP contribution < -0.4 is 15.4 Å². The van der Waals surface area contributed by atoms with Crippen LogP contribution in [0.5, 0.6) is 5.88 Å². The molecule has 0 bridgehead atoms. The second-order valence-corrected chi connectivity index (χ2v) is 5.60. The van der Waals surface area contributed by atoms with Crippen LogP contribution in [0.15, 0.2) is 18.3 Å². The van der Waals surface area contributed by atoms with Gasteiger partial charge in [0, 0.05) is 25.4 Å². The fraction of sp³-hybridized carbons (Fsp3) is 0.467. The Morgan fingerprint density at radius 3 is 2.61 bits per heavy atom. The molecule has 0 aromatic carbocycles. The monoisotopic (exact) mass is 318 g/mol. The van der Waals surface area contributed by atoms with Gasteiger partial charge in [-0.2, -0.15) is 0 Å². The zero-order chi connectivity index (χ0) is 16.4. The molecule has 2 aliphatic heterocycles. The van der Waals surface area contributed by atoms with Crippen molar-refractivity contribution in [3.63, 3.8) is 0 Å². The molecule has 3 rings (SSSR count). The normalized spacial score (nSPS) is 19.4. The van der Waals surface area contributed by atoms with Gasteiger partial charge in [-0.1, -0.05) is 0 Å². The SMILES string of the molecule is CCOc1ccc(C(=O)N2CCC3(CC2)NC(=O)NC3=O)cn1. The molecule has 2 aliphatic rings. The topological polar surface area (TPSA) is 101 Å². The predicted molar refractivity (Wildman–Crippen MR) is 79.9 cm³/mol. The van der Waals surface area contributed by atoms with Gasteiger partial charge >= 0.3 is 6.03 Å². The maximum atomic E-state index is 12.5. The molecule has 2 N–H and O–H groups in total. The molecule has 0 aliphatic carbocycles. The van der Waals surface area contributed by atoms with Gasteiger partial charge in [0.1, 0.15) is 5.54 Å². The summed E-state index contributed by atoms with van der Waals surface area (Å²) in [5.41, 5.74) is -0.394. The summed E-state index contributed by atoms with van der Waals surface area (Å²) in [4.78, 5) is 41.4. The van der Waals surface area contributed by atoms with Gasteiger partial charge in [-0.25, -0.2) is 9.78 Å². The van der Waals surface area contributed by atoms with E-state index in [9.17, 15) is 14.4 Å². The number of rotatable bonds is 3. The molecular formula is C15H18N4O4. The number of aromatic nitrogens is 1. The maximum Gasteiger partial charge on any atom is 0.322 e. The second kappa shape index (κ2) is 5.86. The Hall–Kier alpha value is -2.64. The van der Waals surface area contributed by atoms with Gasteiger partial charge in [0.25, 0.3) is 11.8 Å². The first-order chi connectivity index (χ1) is 11.0. The van der Waals surface area contributed by atoms with Crippen LogP contribution in [-0.2, 0) is 4.79 Å². The number of piperidine rings is 1. The quantitative estimate of drug-likeness (QED) is 0.780. The van der Waals surface area contributed by atoms with Crippen LogP contribution in [0.4, 0.5) is 4.79 Å². The van der Waals surface area contributed by atoms with E-state index < -0.39 is 11.6 Å². The third kappa shape index (κ3) is 2.84. The van der Waals surface area contributed by atoms with Crippen LogP contribution in [0.1, 0.15) is 30.1 Å². The summed E-state index contributed by atoms with van der Waals surface area (Å²) in [7, 11) is 0. The zero-order valence-corrected chi connectivity index (χ0v) is 12.8. The van der Waals surface area contributed by atoms with E-state index in [0.29, 0.717) is 44.0 Å². The van der Waals surface area contributed by atoms with E-state index >= 15 is 0 Å². The van der Waals surface area contributed by atoms with Crippen molar-refractivity contribution in [3.8, 4) is 5.88 Å². The molecule has 0 atom stereocenters. The molecule has 2 fully saturated rings. The van der Waals surface area contributed by atoms with Crippen molar-refractivity contribution in [1.82, 2.24) is 20.5 Å². The smallest absolute Gasteiger partial charge is 0.322 e. The standard InChI is InChI=1S/C15H18N4O4/c1-2-23-11-4-3-10(9-16-11)12(20)19-7-5-15(6-8-19)13(21)17-14(22)18-15/h3-4,9H,2,5-8H2,1H3,(H2,17,18,21,22). The van der Waals surface area contributed by atoms with Gasteiger partial charge in [-0.3, -0.25) is 14.9 Å². The molecule has 3 heterocycles. The molecule has 0 unspecified atom stereocenters. The average Bonchev–Trinajstić information content (AvgIpc) is 2.82. The number of imide groups is 1. The van der Waals surface area contributed by atoms with Crippen molar-refractivity contribution < 1.29 is 19.1 Å². The number of hydrogen-bond acceptors (Lipinski definition) is 5. The number of hydrogen-bond donors (Lipinski definition) is 2. The molecule has 0 saturated carbocycles. The number of carbonyl (C=O) groups excluding carboxylic acids is 3. The number of ether oxygens (including phenoxy) is 1. The van der Waals surface area contributed by atoms with Gasteiger partial charge in [0.05, 0.1) is 12.2 Å². The molecule has 1 aromatic rings. The molecule has 1 aromatic heterocycles. The number of carbonyl (C=O) groups is 3. The van der Waals surface area contributed by atoms with Crippen molar-refractivity contribution in [2.45, 2.75) is 25.3 Å². The summed E-state index contributed by atoms with van der Waals surface area (Å²) in [6.07, 6.45) is 2.29. The number of nitrogens with one attached hydrogen (secondary N) is 2. The minimum absolute atomic E-state index is 0.139. The minimum Gasteiger partial charge on any atom is -0.478 e. The van der Waals surface area contributed by atoms with E-state index in [1.807, 2.05) is 6.92 Å². The van der Waals surface area contributed by atoms with Gasteiger partial charge in [0.2, 0.25) is 5.88 Å². The molecule has 8 heteroatoms. The summed E-state index contributed by atoms with van der Waals surface area (Å²) >= 11 is 0. The number of urea groups is 1. The van der Waals surface area contributed by atoms with E-state index in [2.05, 4.69) is 15.6 Å². The highest BCUT2D eigenvalue weighted by Crippen LogP contribution is 2.26. The number of nitrogens with zero attached hydrogens (tertiary/aromatic N) is 2. The van der Waals surface area contributed by atoms with Crippen molar-refractivity contribution in [2.24, 2.45) is 0 Å². The van der Waals surface area contributed by atoms with Crippen LogP contribution in [-0.4, -0.2) is 53.0 Å². The molecule has 1 spiro atoms. The average molecular weight is 318 g/mol. The van der Waals surface area contributed by atoms with Gasteiger partial charge in [-0.05, 0) is 25.8 Å². The van der Waals surface area contributed by atoms with Gasteiger partial charge in [0.15, 0.2) is 0 Å². The Morgan fingerprint density at radius 1 is 1.35 bits per heavy atom. The van der Waals surface area contributed by atoms with Gasteiger partial charge < -0.3 is 15.0 Å². The lowest BCUT2D eigenvalue weighted by Gasteiger charge is -2.36. The van der Waals surface area contributed by atoms with Crippen molar-refractivity contribution >= 4 is 17.8 Å². The van der Waals surface area contributed by atoms with Crippen LogP contribution >= 0.6 is 0 Å². The van der Waals surface area contributed by atoms with E-state index in [1.54, 1.807) is 17.0 Å². The molecule has 4 amide bonds. The molecule has 0 radical (unpaired) electrons. The number of likely N-dealkylation sites (tertiary alicyclic amines) is 1. The highest BCUT2D eigenvalue weighted by Gasteiger charge is 2.48. The van der Waals surface area contributed by atoms with E-state index in [-0.39, 0.29) is 11.8 Å². The Labute approximate surface area is 133 Å². The lowest BCUT2D eigenvalue weighted by Crippen LogP contribution is -2.55. The third-order valence-electron chi connectivity index (χ3n) is 4.19. The number of pyridine rings is 1. The number of amides is 4. The Kier molecular flexibility index (Phi) is 3.89. The van der Waals surface area contributed by atoms with Crippen LogP contribution in [0, 0.1) is 0 Å². The highest BCUT2D eigenvalue weighted by atomic mass is 16.5. The maximum absolute atomic E-state index is 12.5.